The Morgan fingerprint density at radius 3 is 2.81 bits per heavy atom. The molecule has 1 amide bonds. The predicted molar refractivity (Wildman–Crippen MR) is 88.0 cm³/mol. The number of aryl methyl sites for hydroxylation is 1. The molecule has 2 rings (SSSR count). The molecule has 112 valence electrons. The van der Waals surface area contributed by atoms with Gasteiger partial charge in [-0.15, -0.1) is 10.2 Å². The topological polar surface area (TPSA) is 66.9 Å². The highest BCUT2D eigenvalue weighted by Gasteiger charge is 2.06. The molecule has 0 aliphatic rings. The van der Waals surface area contributed by atoms with E-state index in [4.69, 9.17) is 0 Å². The molecule has 1 heterocycles. The third-order valence-corrected chi connectivity index (χ3v) is 4.83. The van der Waals surface area contributed by atoms with Crippen LogP contribution in [0.3, 0.4) is 0 Å². The average molecular weight is 322 g/mol. The Hall–Kier alpha value is -1.60. The fraction of sp³-hybridized carbons (Fsp3) is 0.357. The van der Waals surface area contributed by atoms with E-state index in [0.717, 1.165) is 22.3 Å². The number of aromatic nitrogens is 2. The van der Waals surface area contributed by atoms with Gasteiger partial charge >= 0.3 is 0 Å². The number of benzene rings is 1. The molecule has 5 nitrogen and oxygen atoms in total. The molecule has 0 spiro atoms. The number of hydrogen-bond acceptors (Lipinski definition) is 6. The van der Waals surface area contributed by atoms with Crippen molar-refractivity contribution < 1.29 is 4.79 Å². The lowest BCUT2D eigenvalue weighted by atomic mass is 10.1. The minimum atomic E-state index is 0.0364. The summed E-state index contributed by atoms with van der Waals surface area (Å²) in [5.41, 5.74) is 1.30. The molecular formula is C14H18N4OS2. The Morgan fingerprint density at radius 2 is 2.10 bits per heavy atom. The average Bonchev–Trinajstić information content (AvgIpc) is 2.99. The summed E-state index contributed by atoms with van der Waals surface area (Å²) in [6, 6.07) is 10.3. The van der Waals surface area contributed by atoms with Gasteiger partial charge in [0.25, 0.3) is 0 Å². The van der Waals surface area contributed by atoms with E-state index in [0.29, 0.717) is 12.3 Å². The Balaban J connectivity index is 1.59. The van der Waals surface area contributed by atoms with E-state index in [-0.39, 0.29) is 5.91 Å². The summed E-state index contributed by atoms with van der Waals surface area (Å²) in [6.07, 6.45) is 1.93. The summed E-state index contributed by atoms with van der Waals surface area (Å²) < 4.78 is 0.804. The smallest absolute Gasteiger partial charge is 0.230 e. The van der Waals surface area contributed by atoms with Crippen LogP contribution >= 0.6 is 23.1 Å². The van der Waals surface area contributed by atoms with Gasteiger partial charge in [-0.3, -0.25) is 4.79 Å². The monoisotopic (exact) mass is 322 g/mol. The first kappa shape index (κ1) is 15.8. The zero-order chi connectivity index (χ0) is 14.9. The largest absolute Gasteiger partial charge is 0.363 e. The van der Waals surface area contributed by atoms with E-state index in [1.807, 2.05) is 18.2 Å². The molecule has 0 saturated heterocycles. The van der Waals surface area contributed by atoms with Gasteiger partial charge < -0.3 is 10.6 Å². The number of anilines is 1. The molecule has 2 N–H and O–H groups in total. The van der Waals surface area contributed by atoms with Crippen molar-refractivity contribution in [1.29, 1.82) is 0 Å². The number of hydrogen-bond donors (Lipinski definition) is 2. The van der Waals surface area contributed by atoms with Crippen LogP contribution in [0, 0.1) is 0 Å². The summed E-state index contributed by atoms with van der Waals surface area (Å²) in [5, 5.41) is 14.5. The van der Waals surface area contributed by atoms with Gasteiger partial charge in [0.15, 0.2) is 4.34 Å². The minimum absolute atomic E-state index is 0.0364. The van der Waals surface area contributed by atoms with Crippen LogP contribution in [-0.2, 0) is 11.2 Å². The normalized spacial score (nSPS) is 10.3. The molecule has 2 aromatic rings. The van der Waals surface area contributed by atoms with Crippen LogP contribution in [0.2, 0.25) is 0 Å². The maximum absolute atomic E-state index is 11.7. The first-order valence-corrected chi connectivity index (χ1v) is 8.53. The molecule has 0 bridgehead atoms. The Kier molecular flexibility index (Phi) is 6.49. The lowest BCUT2D eigenvalue weighted by molar-refractivity contribution is -0.118. The fourth-order valence-electron chi connectivity index (χ4n) is 1.71. The molecule has 0 unspecified atom stereocenters. The zero-order valence-corrected chi connectivity index (χ0v) is 13.5. The van der Waals surface area contributed by atoms with E-state index in [9.17, 15) is 4.79 Å². The highest BCUT2D eigenvalue weighted by molar-refractivity contribution is 8.01. The molecule has 0 fully saturated rings. The highest BCUT2D eigenvalue weighted by atomic mass is 32.2. The van der Waals surface area contributed by atoms with Gasteiger partial charge in [0.2, 0.25) is 11.0 Å². The number of thioether (sulfide) groups is 1. The first-order chi connectivity index (χ1) is 10.3. The van der Waals surface area contributed by atoms with E-state index in [1.165, 1.54) is 28.7 Å². The van der Waals surface area contributed by atoms with E-state index in [2.05, 4.69) is 33.0 Å². The molecule has 1 aromatic carbocycles. The van der Waals surface area contributed by atoms with Crippen LogP contribution in [0.1, 0.15) is 12.0 Å². The van der Waals surface area contributed by atoms with Crippen LogP contribution in [0.4, 0.5) is 5.13 Å². The third-order valence-electron chi connectivity index (χ3n) is 2.75. The van der Waals surface area contributed by atoms with Crippen molar-refractivity contribution in [2.24, 2.45) is 0 Å². The third kappa shape index (κ3) is 5.73. The molecule has 1 aromatic heterocycles. The van der Waals surface area contributed by atoms with Gasteiger partial charge in [0.1, 0.15) is 0 Å². The summed E-state index contributed by atoms with van der Waals surface area (Å²) in [7, 11) is 1.80. The van der Waals surface area contributed by atoms with Gasteiger partial charge in [-0.1, -0.05) is 53.4 Å². The van der Waals surface area contributed by atoms with Gasteiger partial charge in [0, 0.05) is 13.6 Å². The van der Waals surface area contributed by atoms with Crippen molar-refractivity contribution in [3.05, 3.63) is 35.9 Å². The second-order valence-corrected chi connectivity index (χ2v) is 6.55. The number of nitrogens with zero attached hydrogens (tertiary/aromatic N) is 2. The van der Waals surface area contributed by atoms with Crippen LogP contribution < -0.4 is 10.6 Å². The molecule has 7 heteroatoms. The molecule has 0 saturated carbocycles. The lowest BCUT2D eigenvalue weighted by Gasteiger charge is -2.04. The van der Waals surface area contributed by atoms with Gasteiger partial charge in [-0.25, -0.2) is 0 Å². The van der Waals surface area contributed by atoms with Crippen LogP contribution in [0.5, 0.6) is 0 Å². The second kappa shape index (κ2) is 8.63. The number of nitrogens with one attached hydrogen (secondary N) is 2. The molecule has 0 atom stereocenters. The predicted octanol–water partition coefficient (Wildman–Crippen LogP) is 2.42. The Bertz CT molecular complexity index is 559. The highest BCUT2D eigenvalue weighted by Crippen LogP contribution is 2.24. The van der Waals surface area contributed by atoms with Crippen molar-refractivity contribution in [2.75, 3.05) is 24.7 Å². The van der Waals surface area contributed by atoms with Crippen molar-refractivity contribution in [2.45, 2.75) is 17.2 Å². The standard InChI is InChI=1S/C14H18N4OS2/c1-15-13-17-18-14(21-13)20-10-12(19)16-9-5-8-11-6-3-2-4-7-11/h2-4,6-7H,5,8-10H2,1H3,(H,15,17)(H,16,19). The number of amides is 1. The van der Waals surface area contributed by atoms with Crippen LogP contribution in [0.25, 0.3) is 0 Å². The molecule has 21 heavy (non-hydrogen) atoms. The zero-order valence-electron chi connectivity index (χ0n) is 11.8. The van der Waals surface area contributed by atoms with Crippen LogP contribution in [-0.4, -0.2) is 35.4 Å². The number of carbonyl (C=O) groups excluding carboxylic acids is 1. The minimum Gasteiger partial charge on any atom is -0.363 e. The lowest BCUT2D eigenvalue weighted by Crippen LogP contribution is -2.26. The Morgan fingerprint density at radius 1 is 1.29 bits per heavy atom. The summed E-state index contributed by atoms with van der Waals surface area (Å²) in [6.45, 7) is 0.701. The molecule has 0 radical (unpaired) electrons. The maximum atomic E-state index is 11.7. The van der Waals surface area contributed by atoms with Crippen molar-refractivity contribution in [3.8, 4) is 0 Å². The maximum Gasteiger partial charge on any atom is 0.230 e. The molecule has 0 aliphatic heterocycles. The summed E-state index contributed by atoms with van der Waals surface area (Å²) >= 11 is 2.86. The van der Waals surface area contributed by atoms with Gasteiger partial charge in [-0.2, -0.15) is 0 Å². The second-order valence-electron chi connectivity index (χ2n) is 4.35. The van der Waals surface area contributed by atoms with E-state index >= 15 is 0 Å². The number of rotatable bonds is 8. The molecule has 0 aliphatic carbocycles. The van der Waals surface area contributed by atoms with E-state index < -0.39 is 0 Å². The van der Waals surface area contributed by atoms with Crippen molar-refractivity contribution >= 4 is 34.1 Å². The molecular weight excluding hydrogens is 304 g/mol. The van der Waals surface area contributed by atoms with Gasteiger partial charge in [-0.05, 0) is 18.4 Å². The summed E-state index contributed by atoms with van der Waals surface area (Å²) in [5.74, 6) is 0.415. The first-order valence-electron chi connectivity index (χ1n) is 6.72. The SMILES string of the molecule is CNc1nnc(SCC(=O)NCCCc2ccccc2)s1. The quantitative estimate of drug-likeness (QED) is 0.577. The fourth-order valence-corrected chi connectivity index (χ4v) is 3.25. The van der Waals surface area contributed by atoms with Crippen molar-refractivity contribution in [3.63, 3.8) is 0 Å². The number of carbonyl (C=O) groups is 1. The van der Waals surface area contributed by atoms with E-state index in [1.54, 1.807) is 7.05 Å². The van der Waals surface area contributed by atoms with Crippen molar-refractivity contribution in [1.82, 2.24) is 15.5 Å². The Labute approximate surface area is 132 Å². The van der Waals surface area contributed by atoms with Gasteiger partial charge in [0.05, 0.1) is 5.75 Å². The summed E-state index contributed by atoms with van der Waals surface area (Å²) in [4.78, 5) is 11.7. The van der Waals surface area contributed by atoms with Crippen LogP contribution in [0.15, 0.2) is 34.7 Å².